The van der Waals surface area contributed by atoms with E-state index in [2.05, 4.69) is 0 Å². The van der Waals surface area contributed by atoms with E-state index in [1.807, 2.05) is 11.4 Å². The first-order valence-corrected chi connectivity index (χ1v) is 7.97. The molecular formula is C15H19NOS. The molecule has 96 valence electrons. The van der Waals surface area contributed by atoms with E-state index in [-0.39, 0.29) is 0 Å². The molecule has 0 radical (unpaired) electrons. The van der Waals surface area contributed by atoms with Crippen molar-refractivity contribution in [1.82, 2.24) is 0 Å². The molecule has 2 nitrogen and oxygen atoms in total. The minimum absolute atomic E-state index is 0.291. The Morgan fingerprint density at radius 2 is 1.72 bits per heavy atom. The van der Waals surface area contributed by atoms with Gasteiger partial charge in [0.05, 0.1) is 10.6 Å². The van der Waals surface area contributed by atoms with Crippen LogP contribution in [0.5, 0.6) is 0 Å². The number of hydrogen-bond donors (Lipinski definition) is 1. The van der Waals surface area contributed by atoms with Crippen LogP contribution >= 0.6 is 11.3 Å². The van der Waals surface area contributed by atoms with Gasteiger partial charge in [-0.2, -0.15) is 0 Å². The fraction of sp³-hybridized carbons (Fsp3) is 0.667. The van der Waals surface area contributed by atoms with Crippen LogP contribution in [0.15, 0.2) is 11.4 Å². The number of hydrogen-bond acceptors (Lipinski definition) is 3. The van der Waals surface area contributed by atoms with Crippen molar-refractivity contribution in [2.45, 2.75) is 32.1 Å². The summed E-state index contributed by atoms with van der Waals surface area (Å²) in [6, 6.07) is 1.87. The van der Waals surface area contributed by atoms with Gasteiger partial charge in [-0.05, 0) is 67.2 Å². The molecule has 0 aliphatic heterocycles. The van der Waals surface area contributed by atoms with E-state index in [0.717, 1.165) is 16.7 Å². The molecule has 4 aliphatic rings. The highest BCUT2D eigenvalue weighted by Gasteiger charge is 2.51. The van der Waals surface area contributed by atoms with Gasteiger partial charge in [0.1, 0.15) is 0 Å². The lowest BCUT2D eigenvalue weighted by Gasteiger charge is -2.53. The monoisotopic (exact) mass is 261 g/mol. The molecule has 0 saturated heterocycles. The maximum atomic E-state index is 12.7. The second-order valence-electron chi connectivity index (χ2n) is 6.53. The summed E-state index contributed by atoms with van der Waals surface area (Å²) in [4.78, 5) is 13.6. The zero-order valence-electron chi connectivity index (χ0n) is 10.5. The first-order chi connectivity index (χ1) is 8.72. The highest BCUT2D eigenvalue weighted by molar-refractivity contribution is 7.12. The van der Waals surface area contributed by atoms with Crippen LogP contribution in [0, 0.1) is 29.6 Å². The number of thiophene rings is 1. The van der Waals surface area contributed by atoms with Gasteiger partial charge in [-0.1, -0.05) is 0 Å². The minimum atomic E-state index is 0.291. The number of nitrogen functional groups attached to an aromatic ring is 1. The van der Waals surface area contributed by atoms with E-state index >= 15 is 0 Å². The van der Waals surface area contributed by atoms with Crippen LogP contribution < -0.4 is 5.73 Å². The lowest BCUT2D eigenvalue weighted by Crippen LogP contribution is -2.47. The van der Waals surface area contributed by atoms with Gasteiger partial charge in [0.2, 0.25) is 0 Å². The minimum Gasteiger partial charge on any atom is -0.397 e. The van der Waals surface area contributed by atoms with Gasteiger partial charge in [0.15, 0.2) is 5.78 Å². The Kier molecular flexibility index (Phi) is 2.35. The quantitative estimate of drug-likeness (QED) is 0.827. The van der Waals surface area contributed by atoms with Crippen molar-refractivity contribution < 1.29 is 4.79 Å². The van der Waals surface area contributed by atoms with Gasteiger partial charge in [-0.25, -0.2) is 0 Å². The highest BCUT2D eigenvalue weighted by Crippen LogP contribution is 2.57. The Balaban J connectivity index is 1.65. The van der Waals surface area contributed by atoms with E-state index in [9.17, 15) is 4.79 Å². The van der Waals surface area contributed by atoms with Crippen molar-refractivity contribution in [1.29, 1.82) is 0 Å². The molecule has 0 unspecified atom stereocenters. The average molecular weight is 261 g/mol. The van der Waals surface area contributed by atoms with Crippen LogP contribution in [-0.2, 0) is 0 Å². The molecule has 4 aliphatic carbocycles. The summed E-state index contributed by atoms with van der Waals surface area (Å²) in [5, 5.41) is 1.94. The lowest BCUT2D eigenvalue weighted by molar-refractivity contribution is -0.0249. The molecule has 18 heavy (non-hydrogen) atoms. The first-order valence-electron chi connectivity index (χ1n) is 7.09. The number of Topliss-reactive ketones (excluding diaryl/α,β-unsaturated/α-hetero) is 1. The number of rotatable bonds is 2. The van der Waals surface area contributed by atoms with Crippen molar-refractivity contribution in [3.8, 4) is 0 Å². The molecule has 0 amide bonds. The summed E-state index contributed by atoms with van der Waals surface area (Å²) >= 11 is 1.53. The standard InChI is InChI=1S/C15H19NOS/c16-12-1-2-18-15(12)14(17)13-10-4-8-3-9(6-10)7-11(13)5-8/h1-2,8-11,13H,3-7,16H2. The molecule has 0 spiro atoms. The van der Waals surface area contributed by atoms with E-state index in [4.69, 9.17) is 5.73 Å². The molecule has 1 aromatic heterocycles. The largest absolute Gasteiger partial charge is 0.397 e. The number of ketones is 1. The zero-order chi connectivity index (χ0) is 12.3. The van der Waals surface area contributed by atoms with E-state index in [1.54, 1.807) is 0 Å². The van der Waals surface area contributed by atoms with Crippen molar-refractivity contribution >= 4 is 22.8 Å². The smallest absolute Gasteiger partial charge is 0.178 e. The molecular weight excluding hydrogens is 242 g/mol. The predicted octanol–water partition coefficient (Wildman–Crippen LogP) is 3.59. The van der Waals surface area contributed by atoms with E-state index in [0.29, 0.717) is 29.2 Å². The van der Waals surface area contributed by atoms with Gasteiger partial charge in [-0.3, -0.25) is 4.79 Å². The molecule has 1 heterocycles. The van der Waals surface area contributed by atoms with E-state index < -0.39 is 0 Å². The van der Waals surface area contributed by atoms with Crippen molar-refractivity contribution in [2.24, 2.45) is 29.6 Å². The normalized spacial score (nSPS) is 41.2. The lowest BCUT2D eigenvalue weighted by atomic mass is 9.51. The molecule has 0 aromatic carbocycles. The Bertz CT molecular complexity index is 464. The molecule has 2 N–H and O–H groups in total. The number of anilines is 1. The fourth-order valence-corrected chi connectivity index (χ4v) is 5.83. The Hall–Kier alpha value is -0.830. The fourth-order valence-electron chi connectivity index (χ4n) is 5.02. The summed E-state index contributed by atoms with van der Waals surface area (Å²) < 4.78 is 0. The summed E-state index contributed by atoms with van der Waals surface area (Å²) in [6.07, 6.45) is 6.64. The number of nitrogens with two attached hydrogens (primary N) is 1. The third-order valence-electron chi connectivity index (χ3n) is 5.45. The second-order valence-corrected chi connectivity index (χ2v) is 7.44. The van der Waals surface area contributed by atoms with Gasteiger partial charge in [0.25, 0.3) is 0 Å². The van der Waals surface area contributed by atoms with Crippen LogP contribution in [-0.4, -0.2) is 5.78 Å². The average Bonchev–Trinajstić information content (AvgIpc) is 2.73. The summed E-state index contributed by atoms with van der Waals surface area (Å²) in [5.41, 5.74) is 6.62. The van der Waals surface area contributed by atoms with Crippen LogP contribution in [0.4, 0.5) is 5.69 Å². The maximum Gasteiger partial charge on any atom is 0.178 e. The predicted molar refractivity (Wildman–Crippen MR) is 73.6 cm³/mol. The van der Waals surface area contributed by atoms with Gasteiger partial charge < -0.3 is 5.73 Å². The van der Waals surface area contributed by atoms with Gasteiger partial charge >= 0.3 is 0 Å². The van der Waals surface area contributed by atoms with Crippen LogP contribution in [0.3, 0.4) is 0 Å². The van der Waals surface area contributed by atoms with Gasteiger partial charge in [-0.15, -0.1) is 11.3 Å². The molecule has 4 saturated carbocycles. The Morgan fingerprint density at radius 3 is 2.22 bits per heavy atom. The van der Waals surface area contributed by atoms with Crippen LogP contribution in [0.1, 0.15) is 41.8 Å². The molecule has 3 heteroatoms. The van der Waals surface area contributed by atoms with Crippen molar-refractivity contribution in [3.05, 3.63) is 16.3 Å². The summed E-state index contributed by atoms with van der Waals surface area (Å²) in [6.45, 7) is 0. The summed E-state index contributed by atoms with van der Waals surface area (Å²) in [7, 11) is 0. The topological polar surface area (TPSA) is 43.1 Å². The maximum absolute atomic E-state index is 12.7. The summed E-state index contributed by atoms with van der Waals surface area (Å²) in [5.74, 6) is 3.83. The SMILES string of the molecule is Nc1ccsc1C(=O)C1C2CC3CC(C2)CC1C3. The number of carbonyl (C=O) groups is 1. The third kappa shape index (κ3) is 1.49. The van der Waals surface area contributed by atoms with E-state index in [1.165, 1.54) is 43.4 Å². The Labute approximate surface area is 112 Å². The molecule has 5 rings (SSSR count). The number of carbonyl (C=O) groups excluding carboxylic acids is 1. The van der Waals surface area contributed by atoms with Crippen LogP contribution in [0.2, 0.25) is 0 Å². The van der Waals surface area contributed by atoms with Crippen molar-refractivity contribution in [2.75, 3.05) is 5.73 Å². The Morgan fingerprint density at radius 1 is 1.11 bits per heavy atom. The zero-order valence-corrected chi connectivity index (χ0v) is 11.3. The first kappa shape index (κ1) is 11.0. The highest BCUT2D eigenvalue weighted by atomic mass is 32.1. The van der Waals surface area contributed by atoms with Gasteiger partial charge in [0, 0.05) is 5.92 Å². The van der Waals surface area contributed by atoms with Crippen molar-refractivity contribution in [3.63, 3.8) is 0 Å². The molecule has 4 bridgehead atoms. The molecule has 0 atom stereocenters. The molecule has 1 aromatic rings. The third-order valence-corrected chi connectivity index (χ3v) is 6.39. The van der Waals surface area contributed by atoms with Crippen LogP contribution in [0.25, 0.3) is 0 Å². The second kappa shape index (κ2) is 3.83. The molecule has 4 fully saturated rings.